The average Bonchev–Trinajstić information content (AvgIpc) is 2.79. The summed E-state index contributed by atoms with van der Waals surface area (Å²) in [5.41, 5.74) is 2.19. The maximum atomic E-state index is 14.9. The molecular formula is C27H27OPSi. The summed E-state index contributed by atoms with van der Waals surface area (Å²) in [7, 11) is -4.48. The molecule has 150 valence electrons. The first-order chi connectivity index (χ1) is 14.4. The summed E-state index contributed by atoms with van der Waals surface area (Å²) in [4.78, 5) is 0. The molecule has 0 fully saturated rings. The van der Waals surface area contributed by atoms with Gasteiger partial charge in [-0.25, -0.2) is 0 Å². The molecule has 0 bridgehead atoms. The fraction of sp³-hybridized carbons (Fsp3) is 0.111. The van der Waals surface area contributed by atoms with Gasteiger partial charge in [0, 0.05) is 15.9 Å². The Morgan fingerprint density at radius 1 is 0.600 bits per heavy atom. The SMILES string of the molecule is C[Si](C)(C)c1cccc(-c2ccccc2P(=O)(c2ccccc2)c2ccccc2)c1. The van der Waals surface area contributed by atoms with Crippen molar-refractivity contribution in [1.29, 1.82) is 0 Å². The highest BCUT2D eigenvalue weighted by molar-refractivity contribution is 7.85. The van der Waals surface area contributed by atoms with Crippen LogP contribution >= 0.6 is 7.14 Å². The normalized spacial score (nSPS) is 12.0. The van der Waals surface area contributed by atoms with Gasteiger partial charge in [-0.1, -0.05) is 134 Å². The second kappa shape index (κ2) is 8.22. The summed E-state index contributed by atoms with van der Waals surface area (Å²) in [6, 6.07) is 36.8. The average molecular weight is 427 g/mol. The molecule has 0 aliphatic rings. The van der Waals surface area contributed by atoms with Crippen LogP contribution in [0.3, 0.4) is 0 Å². The zero-order chi connectivity index (χ0) is 21.2. The second-order valence-corrected chi connectivity index (χ2v) is 16.4. The summed E-state index contributed by atoms with van der Waals surface area (Å²) in [6.07, 6.45) is 0. The van der Waals surface area contributed by atoms with Crippen molar-refractivity contribution in [2.75, 3.05) is 0 Å². The summed E-state index contributed by atoms with van der Waals surface area (Å²) in [6.45, 7) is 7.07. The zero-order valence-electron chi connectivity index (χ0n) is 17.7. The molecule has 4 rings (SSSR count). The van der Waals surface area contributed by atoms with E-state index in [-0.39, 0.29) is 0 Å². The van der Waals surface area contributed by atoms with Crippen LogP contribution in [-0.2, 0) is 4.57 Å². The van der Waals surface area contributed by atoms with E-state index in [1.54, 1.807) is 0 Å². The zero-order valence-corrected chi connectivity index (χ0v) is 19.6. The van der Waals surface area contributed by atoms with Gasteiger partial charge in [-0.2, -0.15) is 0 Å². The lowest BCUT2D eigenvalue weighted by Crippen LogP contribution is -2.37. The van der Waals surface area contributed by atoms with Gasteiger partial charge < -0.3 is 4.57 Å². The quantitative estimate of drug-likeness (QED) is 0.303. The Balaban J connectivity index is 1.99. The van der Waals surface area contributed by atoms with Crippen molar-refractivity contribution < 1.29 is 4.57 Å². The van der Waals surface area contributed by atoms with Crippen molar-refractivity contribution in [3.8, 4) is 11.1 Å². The molecule has 0 amide bonds. The van der Waals surface area contributed by atoms with Gasteiger partial charge in [0.15, 0.2) is 7.14 Å². The molecule has 0 unspecified atom stereocenters. The van der Waals surface area contributed by atoms with Crippen LogP contribution in [0, 0.1) is 0 Å². The van der Waals surface area contributed by atoms with Crippen molar-refractivity contribution in [3.05, 3.63) is 109 Å². The van der Waals surface area contributed by atoms with Crippen LogP contribution in [0.15, 0.2) is 109 Å². The van der Waals surface area contributed by atoms with E-state index in [2.05, 4.69) is 50.0 Å². The first-order valence-corrected chi connectivity index (χ1v) is 15.5. The minimum atomic E-state index is -3.02. The summed E-state index contributed by atoms with van der Waals surface area (Å²) in [5, 5.41) is 4.04. The predicted octanol–water partition coefficient (Wildman–Crippen LogP) is 5.54. The van der Waals surface area contributed by atoms with Gasteiger partial charge in [0.25, 0.3) is 0 Å². The fourth-order valence-corrected chi connectivity index (χ4v) is 7.91. The molecule has 0 aliphatic carbocycles. The summed E-state index contributed by atoms with van der Waals surface area (Å²) >= 11 is 0. The smallest absolute Gasteiger partial charge is 0.171 e. The van der Waals surface area contributed by atoms with Gasteiger partial charge in [0.2, 0.25) is 0 Å². The molecule has 0 N–H and O–H groups in total. The molecule has 0 saturated carbocycles. The highest BCUT2D eigenvalue weighted by Gasteiger charge is 2.32. The molecule has 4 aromatic rings. The van der Waals surface area contributed by atoms with Crippen molar-refractivity contribution in [2.45, 2.75) is 19.6 Å². The van der Waals surface area contributed by atoms with E-state index in [1.807, 2.05) is 78.9 Å². The lowest BCUT2D eigenvalue weighted by molar-refractivity contribution is 0.592. The number of hydrogen-bond donors (Lipinski definition) is 0. The molecule has 30 heavy (non-hydrogen) atoms. The molecule has 0 heterocycles. The molecule has 0 spiro atoms. The highest BCUT2D eigenvalue weighted by Crippen LogP contribution is 2.45. The van der Waals surface area contributed by atoms with E-state index in [0.717, 1.165) is 27.0 Å². The van der Waals surface area contributed by atoms with E-state index in [0.29, 0.717) is 0 Å². The summed E-state index contributed by atoms with van der Waals surface area (Å²) in [5.74, 6) is 0. The number of hydrogen-bond acceptors (Lipinski definition) is 1. The summed E-state index contributed by atoms with van der Waals surface area (Å²) < 4.78 is 14.9. The van der Waals surface area contributed by atoms with Crippen LogP contribution in [0.1, 0.15) is 0 Å². The first-order valence-electron chi connectivity index (χ1n) is 10.3. The number of benzene rings is 4. The first kappa shape index (κ1) is 20.6. The van der Waals surface area contributed by atoms with Gasteiger partial charge in [-0.3, -0.25) is 0 Å². The largest absolute Gasteiger partial charge is 0.309 e. The van der Waals surface area contributed by atoms with Crippen molar-refractivity contribution in [3.63, 3.8) is 0 Å². The molecule has 0 radical (unpaired) electrons. The van der Waals surface area contributed by atoms with Gasteiger partial charge in [-0.05, 0) is 11.1 Å². The molecule has 0 aromatic heterocycles. The van der Waals surface area contributed by atoms with Crippen molar-refractivity contribution in [1.82, 2.24) is 0 Å². The molecule has 0 saturated heterocycles. The van der Waals surface area contributed by atoms with Crippen LogP contribution in [0.2, 0.25) is 19.6 Å². The monoisotopic (exact) mass is 426 g/mol. The van der Waals surface area contributed by atoms with Crippen LogP contribution in [0.25, 0.3) is 11.1 Å². The topological polar surface area (TPSA) is 17.1 Å². The molecule has 4 aromatic carbocycles. The molecule has 0 aliphatic heterocycles. The Labute approximate surface area is 180 Å². The third kappa shape index (κ3) is 3.86. The van der Waals surface area contributed by atoms with E-state index in [4.69, 9.17) is 0 Å². The minimum absolute atomic E-state index is 0.866. The number of rotatable bonds is 5. The molecule has 1 nitrogen and oxygen atoms in total. The fourth-order valence-electron chi connectivity index (χ4n) is 3.85. The van der Waals surface area contributed by atoms with E-state index in [9.17, 15) is 4.57 Å². The maximum absolute atomic E-state index is 14.9. The third-order valence-electron chi connectivity index (χ3n) is 5.52. The Hall–Kier alpha value is -2.67. The van der Waals surface area contributed by atoms with E-state index in [1.165, 1.54) is 5.19 Å². The second-order valence-electron chi connectivity index (χ2n) is 8.63. The van der Waals surface area contributed by atoms with Crippen LogP contribution < -0.4 is 21.1 Å². The van der Waals surface area contributed by atoms with E-state index < -0.39 is 15.2 Å². The Morgan fingerprint density at radius 2 is 1.13 bits per heavy atom. The highest BCUT2D eigenvalue weighted by atomic mass is 31.2. The third-order valence-corrected chi connectivity index (χ3v) is 10.7. The standard InChI is InChI=1S/C27H27OPSi/c1-30(2,3)25-18-12-13-22(21-25)26-19-10-11-20-27(26)29(28,23-14-6-4-7-15-23)24-16-8-5-9-17-24/h4-21H,1-3H3. The van der Waals surface area contributed by atoms with Gasteiger partial charge in [0.1, 0.15) is 0 Å². The van der Waals surface area contributed by atoms with Crippen molar-refractivity contribution >= 4 is 36.3 Å². The Morgan fingerprint density at radius 3 is 1.70 bits per heavy atom. The van der Waals surface area contributed by atoms with Crippen molar-refractivity contribution in [2.24, 2.45) is 0 Å². The molecule has 3 heteroatoms. The Bertz CT molecular complexity index is 1150. The van der Waals surface area contributed by atoms with Crippen LogP contribution in [0.5, 0.6) is 0 Å². The van der Waals surface area contributed by atoms with Gasteiger partial charge in [-0.15, -0.1) is 0 Å². The lowest BCUT2D eigenvalue weighted by Gasteiger charge is -2.24. The van der Waals surface area contributed by atoms with Crippen LogP contribution in [-0.4, -0.2) is 8.07 Å². The molecular weight excluding hydrogens is 399 g/mol. The maximum Gasteiger partial charge on any atom is 0.171 e. The Kier molecular flexibility index (Phi) is 5.64. The predicted molar refractivity (Wildman–Crippen MR) is 134 cm³/mol. The molecule has 0 atom stereocenters. The minimum Gasteiger partial charge on any atom is -0.309 e. The van der Waals surface area contributed by atoms with Gasteiger partial charge in [0.05, 0.1) is 8.07 Å². The van der Waals surface area contributed by atoms with Gasteiger partial charge >= 0.3 is 0 Å². The lowest BCUT2D eigenvalue weighted by atomic mass is 10.1. The van der Waals surface area contributed by atoms with E-state index >= 15 is 0 Å². The van der Waals surface area contributed by atoms with Crippen LogP contribution in [0.4, 0.5) is 0 Å².